The van der Waals surface area contributed by atoms with E-state index in [1.165, 1.54) is 6.20 Å². The van der Waals surface area contributed by atoms with Crippen molar-refractivity contribution in [3.05, 3.63) is 17.5 Å². The van der Waals surface area contributed by atoms with Crippen LogP contribution in [0.1, 0.15) is 0 Å². The van der Waals surface area contributed by atoms with Crippen molar-refractivity contribution in [3.8, 4) is 0 Å². The Morgan fingerprint density at radius 2 is 2.22 bits per heavy atom. The van der Waals surface area contributed by atoms with E-state index < -0.39 is 24.4 Å². The lowest BCUT2D eigenvalue weighted by Gasteiger charge is -2.37. The lowest BCUT2D eigenvalue weighted by molar-refractivity contribution is -0.152. The van der Waals surface area contributed by atoms with Crippen LogP contribution in [-0.2, 0) is 4.74 Å². The van der Waals surface area contributed by atoms with Crippen molar-refractivity contribution in [1.82, 2.24) is 9.97 Å². The number of anilines is 1. The first-order valence-corrected chi connectivity index (χ1v) is 5.83. The Kier molecular flexibility index (Phi) is 4.31. The monoisotopic (exact) mass is 275 g/mol. The summed E-state index contributed by atoms with van der Waals surface area (Å²) in [7, 11) is 0. The number of nitrogens with zero attached hydrogens (tertiary/aromatic N) is 2. The van der Waals surface area contributed by atoms with Gasteiger partial charge in [0.05, 0.1) is 19.3 Å². The predicted octanol–water partition coefficient (Wildman–Crippen LogP) is -0.977. The van der Waals surface area contributed by atoms with E-state index in [-0.39, 0.29) is 18.5 Å². The van der Waals surface area contributed by atoms with E-state index in [0.29, 0.717) is 5.82 Å². The molecule has 7 nitrogen and oxygen atoms in total. The topological polar surface area (TPSA) is 108 Å². The second kappa shape index (κ2) is 5.77. The smallest absolute Gasteiger partial charge is 0.224 e. The molecule has 4 atom stereocenters. The van der Waals surface area contributed by atoms with E-state index in [1.54, 1.807) is 6.07 Å². The summed E-state index contributed by atoms with van der Waals surface area (Å²) in [5.74, 6) is 0.428. The van der Waals surface area contributed by atoms with E-state index in [9.17, 15) is 10.2 Å². The lowest BCUT2D eigenvalue weighted by Crippen LogP contribution is -2.56. The van der Waals surface area contributed by atoms with Gasteiger partial charge in [-0.1, -0.05) is 0 Å². The van der Waals surface area contributed by atoms with Gasteiger partial charge in [-0.3, -0.25) is 0 Å². The summed E-state index contributed by atoms with van der Waals surface area (Å²) in [6.07, 6.45) is -1.52. The second-order valence-corrected chi connectivity index (χ2v) is 4.34. The molecule has 1 aliphatic rings. The number of hydrogen-bond acceptors (Lipinski definition) is 7. The summed E-state index contributed by atoms with van der Waals surface area (Å²) in [6, 6.07) is 1.05. The highest BCUT2D eigenvalue weighted by molar-refractivity contribution is 6.28. The number of hydrogen-bond donors (Lipinski definition) is 4. The first kappa shape index (κ1) is 13.4. The molecule has 0 aromatic carbocycles. The second-order valence-electron chi connectivity index (χ2n) is 4.00. The molecule has 0 unspecified atom stereocenters. The Morgan fingerprint density at radius 1 is 1.44 bits per heavy atom. The Labute approximate surface area is 108 Å². The number of aliphatic hydroxyl groups is 3. The van der Waals surface area contributed by atoms with Crippen molar-refractivity contribution >= 4 is 17.4 Å². The summed E-state index contributed by atoms with van der Waals surface area (Å²) < 4.78 is 5.23. The quantitative estimate of drug-likeness (QED) is 0.525. The largest absolute Gasteiger partial charge is 0.394 e. The summed E-state index contributed by atoms with van der Waals surface area (Å²) >= 11 is 5.63. The van der Waals surface area contributed by atoms with Crippen LogP contribution < -0.4 is 5.32 Å². The van der Waals surface area contributed by atoms with Crippen LogP contribution in [0.3, 0.4) is 0 Å². The van der Waals surface area contributed by atoms with Gasteiger partial charge >= 0.3 is 0 Å². The van der Waals surface area contributed by atoms with E-state index in [1.807, 2.05) is 0 Å². The van der Waals surface area contributed by atoms with Crippen LogP contribution in [-0.4, -0.2) is 62.9 Å². The van der Waals surface area contributed by atoms with Crippen LogP contribution in [0.15, 0.2) is 12.3 Å². The zero-order valence-electron chi connectivity index (χ0n) is 9.40. The molecule has 0 radical (unpaired) electrons. The molecule has 0 spiro atoms. The molecule has 2 rings (SSSR count). The van der Waals surface area contributed by atoms with Gasteiger partial charge < -0.3 is 25.4 Å². The number of ether oxygens (including phenoxy) is 1. The van der Waals surface area contributed by atoms with Crippen LogP contribution in [0.2, 0.25) is 5.28 Å². The first-order valence-electron chi connectivity index (χ1n) is 5.45. The molecule has 8 heteroatoms. The predicted molar refractivity (Wildman–Crippen MR) is 63.3 cm³/mol. The summed E-state index contributed by atoms with van der Waals surface area (Å²) in [5, 5.41) is 31.5. The number of aliphatic hydroxyl groups excluding tert-OH is 3. The summed E-state index contributed by atoms with van der Waals surface area (Å²) in [5.41, 5.74) is 0. The summed E-state index contributed by atoms with van der Waals surface area (Å²) in [6.45, 7) is -0.199. The van der Waals surface area contributed by atoms with E-state index in [4.69, 9.17) is 21.4 Å². The molecule has 0 saturated carbocycles. The molecule has 0 bridgehead atoms. The van der Waals surface area contributed by atoms with Crippen molar-refractivity contribution in [1.29, 1.82) is 0 Å². The van der Waals surface area contributed by atoms with E-state index in [0.717, 1.165) is 0 Å². The molecule has 4 N–H and O–H groups in total. The lowest BCUT2D eigenvalue weighted by atomic mass is 9.98. The Balaban J connectivity index is 2.02. The van der Waals surface area contributed by atoms with Gasteiger partial charge in [-0.25, -0.2) is 9.97 Å². The number of nitrogens with one attached hydrogen (secondary N) is 1. The highest BCUT2D eigenvalue weighted by atomic mass is 35.5. The molecule has 2 heterocycles. The van der Waals surface area contributed by atoms with Crippen LogP contribution in [0.25, 0.3) is 0 Å². The maximum atomic E-state index is 9.89. The van der Waals surface area contributed by atoms with Crippen molar-refractivity contribution < 1.29 is 20.1 Å². The number of rotatable bonds is 3. The molecule has 18 heavy (non-hydrogen) atoms. The Hall–Kier alpha value is -0.990. The van der Waals surface area contributed by atoms with Gasteiger partial charge in [0.25, 0.3) is 0 Å². The van der Waals surface area contributed by atoms with Crippen LogP contribution in [0, 0.1) is 0 Å². The molecule has 1 aromatic rings. The maximum Gasteiger partial charge on any atom is 0.224 e. The molecule has 1 aromatic heterocycles. The van der Waals surface area contributed by atoms with Gasteiger partial charge in [-0.2, -0.15) is 0 Å². The van der Waals surface area contributed by atoms with Crippen LogP contribution in [0.5, 0.6) is 0 Å². The molecule has 1 fully saturated rings. The minimum atomic E-state index is -1.15. The van der Waals surface area contributed by atoms with Crippen molar-refractivity contribution in [2.45, 2.75) is 24.4 Å². The van der Waals surface area contributed by atoms with Crippen molar-refractivity contribution in [3.63, 3.8) is 0 Å². The normalized spacial score (nSPS) is 32.2. The van der Waals surface area contributed by atoms with Gasteiger partial charge in [0.1, 0.15) is 24.1 Å². The van der Waals surface area contributed by atoms with Crippen LogP contribution >= 0.6 is 11.6 Å². The zero-order chi connectivity index (χ0) is 13.1. The fourth-order valence-corrected chi connectivity index (χ4v) is 1.92. The number of aromatic nitrogens is 2. The summed E-state index contributed by atoms with van der Waals surface area (Å²) in [4.78, 5) is 7.64. The molecule has 0 aliphatic carbocycles. The van der Waals surface area contributed by atoms with Gasteiger partial charge in [0, 0.05) is 6.20 Å². The highest BCUT2D eigenvalue weighted by Gasteiger charge is 2.38. The van der Waals surface area contributed by atoms with Gasteiger partial charge in [-0.05, 0) is 17.7 Å². The third-order valence-corrected chi connectivity index (χ3v) is 2.95. The molecule has 1 saturated heterocycles. The van der Waals surface area contributed by atoms with Gasteiger partial charge in [0.2, 0.25) is 5.28 Å². The standard InChI is InChI=1S/C10H14ClN3O4/c11-10-12-2-1-7(14-10)13-5-4-18-6(3-15)9(17)8(5)16/h1-2,5-6,8-9,15-17H,3-4H2,(H,12,13,14)/t5-,6+,8+,9-/m0/s1. The molecular formula is C10H14ClN3O4. The minimum Gasteiger partial charge on any atom is -0.394 e. The fourth-order valence-electron chi connectivity index (χ4n) is 1.78. The fraction of sp³-hybridized carbons (Fsp3) is 0.600. The third-order valence-electron chi connectivity index (χ3n) is 2.77. The van der Waals surface area contributed by atoms with Crippen molar-refractivity contribution in [2.75, 3.05) is 18.5 Å². The molecule has 0 amide bonds. The van der Waals surface area contributed by atoms with Gasteiger partial charge in [0.15, 0.2) is 0 Å². The Morgan fingerprint density at radius 3 is 2.89 bits per heavy atom. The average Bonchev–Trinajstić information content (AvgIpc) is 2.35. The number of halogens is 1. The zero-order valence-corrected chi connectivity index (χ0v) is 10.2. The molecule has 100 valence electrons. The van der Waals surface area contributed by atoms with Crippen LogP contribution in [0.4, 0.5) is 5.82 Å². The van der Waals surface area contributed by atoms with Gasteiger partial charge in [-0.15, -0.1) is 0 Å². The first-order chi connectivity index (χ1) is 8.61. The van der Waals surface area contributed by atoms with E-state index in [2.05, 4.69) is 15.3 Å². The SMILES string of the molecule is OC[C@H]1OC[C@H](Nc2ccnc(Cl)n2)[C@@H](O)[C@H]1O. The van der Waals surface area contributed by atoms with E-state index >= 15 is 0 Å². The molecular weight excluding hydrogens is 262 g/mol. The minimum absolute atomic E-state index is 0.0833. The molecule has 1 aliphatic heterocycles. The highest BCUT2D eigenvalue weighted by Crippen LogP contribution is 2.18. The third kappa shape index (κ3) is 2.88. The Bertz CT molecular complexity index is 408. The average molecular weight is 276 g/mol. The van der Waals surface area contributed by atoms with Crippen molar-refractivity contribution in [2.24, 2.45) is 0 Å². The maximum absolute atomic E-state index is 9.89.